The van der Waals surface area contributed by atoms with Gasteiger partial charge in [0.25, 0.3) is 0 Å². The predicted molar refractivity (Wildman–Crippen MR) is 110 cm³/mol. The number of aliphatic imine (C=N–C) groups is 1. The van der Waals surface area contributed by atoms with Crippen molar-refractivity contribution in [3.05, 3.63) is 47.8 Å². The van der Waals surface area contributed by atoms with E-state index in [1.54, 1.807) is 32.6 Å². The molecule has 0 aliphatic carbocycles. The molecule has 146 valence electrons. The van der Waals surface area contributed by atoms with Crippen LogP contribution in [0.1, 0.15) is 11.8 Å². The molecule has 4 rings (SSSR count). The van der Waals surface area contributed by atoms with Gasteiger partial charge in [-0.25, -0.2) is 18.6 Å². The first kappa shape index (κ1) is 18.6. The Bertz CT molecular complexity index is 1170. The number of pyridine rings is 1. The third-order valence-corrected chi connectivity index (χ3v) is 8.22. The number of nitrogens with zero attached hydrogens (tertiary/aromatic N) is 4. The maximum Gasteiger partial charge on any atom is 0.203 e. The molecular formula is C18H18FN5O2S2. The molecule has 1 unspecified atom stereocenters. The number of aromatic nitrogens is 2. The average Bonchev–Trinajstić information content (AvgIpc) is 3.29. The summed E-state index contributed by atoms with van der Waals surface area (Å²) in [6.45, 7) is 1.72. The molecule has 2 N–H and O–H groups in total. The van der Waals surface area contributed by atoms with Crippen LogP contribution in [-0.4, -0.2) is 43.1 Å². The number of hydrogen-bond acceptors (Lipinski definition) is 7. The van der Waals surface area contributed by atoms with Crippen molar-refractivity contribution in [2.24, 2.45) is 10.7 Å². The normalized spacial score (nSPS) is 25.0. The van der Waals surface area contributed by atoms with Crippen molar-refractivity contribution in [1.29, 1.82) is 0 Å². The summed E-state index contributed by atoms with van der Waals surface area (Å²) in [6.07, 6.45) is 6.22. The van der Waals surface area contributed by atoms with Gasteiger partial charge in [-0.2, -0.15) is 0 Å². The van der Waals surface area contributed by atoms with Gasteiger partial charge in [-0.05, 0) is 24.9 Å². The summed E-state index contributed by atoms with van der Waals surface area (Å²) in [4.78, 5) is 13.6. The van der Waals surface area contributed by atoms with Crippen LogP contribution in [0.2, 0.25) is 0 Å². The van der Waals surface area contributed by atoms with Crippen LogP contribution in [0.3, 0.4) is 0 Å². The number of hydrogen-bond donors (Lipinski definition) is 1. The molecule has 4 heterocycles. The molecule has 0 fully saturated rings. The number of guanidine groups is 1. The first-order valence-electron chi connectivity index (χ1n) is 8.28. The highest BCUT2D eigenvalue weighted by atomic mass is 32.2. The largest absolute Gasteiger partial charge is 0.443 e. The minimum absolute atomic E-state index is 0.0738. The highest BCUT2D eigenvalue weighted by Gasteiger charge is 2.40. The van der Waals surface area contributed by atoms with Crippen molar-refractivity contribution in [2.75, 3.05) is 12.8 Å². The van der Waals surface area contributed by atoms with Gasteiger partial charge in [0.1, 0.15) is 11.4 Å². The van der Waals surface area contributed by atoms with Gasteiger partial charge in [-0.15, -0.1) is 11.3 Å². The second kappa shape index (κ2) is 6.42. The Hall–Kier alpha value is -2.72. The lowest BCUT2D eigenvalue weighted by atomic mass is 10.0. The van der Waals surface area contributed by atoms with Crippen molar-refractivity contribution >= 4 is 32.9 Å². The Morgan fingerprint density at radius 2 is 2.07 bits per heavy atom. The molecule has 1 aliphatic heterocycles. The minimum Gasteiger partial charge on any atom is -0.443 e. The second-order valence-corrected chi connectivity index (χ2v) is 10.2. The monoisotopic (exact) mass is 419 g/mol. The van der Waals surface area contributed by atoms with E-state index in [0.29, 0.717) is 15.5 Å². The van der Waals surface area contributed by atoms with E-state index in [1.165, 1.54) is 28.1 Å². The van der Waals surface area contributed by atoms with E-state index in [9.17, 15) is 8.60 Å². The Balaban J connectivity index is 1.77. The van der Waals surface area contributed by atoms with Gasteiger partial charge in [0.05, 0.1) is 26.5 Å². The fourth-order valence-electron chi connectivity index (χ4n) is 3.12. The number of oxazole rings is 1. The second-order valence-electron chi connectivity index (χ2n) is 6.77. The molecule has 7 nitrogen and oxygen atoms in total. The number of thiophene rings is 1. The maximum atomic E-state index is 14.9. The van der Waals surface area contributed by atoms with E-state index in [4.69, 9.17) is 10.2 Å². The summed E-state index contributed by atoms with van der Waals surface area (Å²) >= 11 is 1.23. The highest BCUT2D eigenvalue weighted by Crippen LogP contribution is 2.41. The summed E-state index contributed by atoms with van der Waals surface area (Å²) in [5, 5.41) is 0. The molecule has 0 radical (unpaired) electrons. The van der Waals surface area contributed by atoms with Crippen LogP contribution in [0.15, 0.2) is 46.5 Å². The van der Waals surface area contributed by atoms with E-state index in [2.05, 4.69) is 20.8 Å². The molecule has 0 saturated carbocycles. The van der Waals surface area contributed by atoms with Crippen molar-refractivity contribution in [3.63, 3.8) is 0 Å². The van der Waals surface area contributed by atoms with Crippen LogP contribution < -0.4 is 5.73 Å². The van der Waals surface area contributed by atoms with E-state index in [1.807, 2.05) is 6.07 Å². The van der Waals surface area contributed by atoms with Crippen LogP contribution in [0.4, 0.5) is 4.39 Å². The van der Waals surface area contributed by atoms with E-state index >= 15 is 0 Å². The molecule has 2 atom stereocenters. The molecule has 10 heteroatoms. The average molecular weight is 420 g/mol. The smallest absolute Gasteiger partial charge is 0.203 e. The Kier molecular flexibility index (Phi) is 4.27. The topological polar surface area (TPSA) is 97.6 Å². The van der Waals surface area contributed by atoms with Gasteiger partial charge in [-0.1, -0.05) is 0 Å². The molecule has 3 aromatic rings. The number of halogens is 1. The van der Waals surface area contributed by atoms with Gasteiger partial charge >= 0.3 is 0 Å². The van der Waals surface area contributed by atoms with Crippen molar-refractivity contribution in [3.8, 4) is 21.8 Å². The first-order valence-corrected chi connectivity index (χ1v) is 10.9. The summed E-state index contributed by atoms with van der Waals surface area (Å²) in [6, 6.07) is 3.28. The Labute approximate surface area is 165 Å². The van der Waals surface area contributed by atoms with E-state index < -0.39 is 21.1 Å². The van der Waals surface area contributed by atoms with Crippen LogP contribution in [0.25, 0.3) is 21.8 Å². The summed E-state index contributed by atoms with van der Waals surface area (Å²) in [7, 11) is -1.12. The molecule has 0 amide bonds. The molecule has 0 saturated heterocycles. The molecule has 3 aromatic heterocycles. The van der Waals surface area contributed by atoms with Crippen LogP contribution in [0, 0.1) is 5.82 Å². The standard InChI is InChI=1S/C18H18FN5O2S2/c1-18(9-28(3,25)24(2)17(20)23-18)16-13(19)5-15(27-16)12-4-11(6-21-7-12)14-8-22-10-26-14/h4-8,10H,3,9H2,1-2H3,(H2,20,23)/t18-,28?/m0/s1. The molecule has 1 aliphatic rings. The third kappa shape index (κ3) is 3.08. The predicted octanol–water partition coefficient (Wildman–Crippen LogP) is 2.71. The Morgan fingerprint density at radius 1 is 1.32 bits per heavy atom. The van der Waals surface area contributed by atoms with Gasteiger partial charge in [0.2, 0.25) is 5.96 Å². The van der Waals surface area contributed by atoms with E-state index in [-0.39, 0.29) is 11.7 Å². The lowest BCUT2D eigenvalue weighted by molar-refractivity contribution is 0.493. The van der Waals surface area contributed by atoms with Crippen LogP contribution in [-0.2, 0) is 15.2 Å². The lowest BCUT2D eigenvalue weighted by Crippen LogP contribution is -2.50. The quantitative estimate of drug-likeness (QED) is 0.659. The molecule has 28 heavy (non-hydrogen) atoms. The summed E-state index contributed by atoms with van der Waals surface area (Å²) in [5.74, 6) is 4.07. The van der Waals surface area contributed by atoms with Gasteiger partial charge in [0.15, 0.2) is 12.2 Å². The maximum absolute atomic E-state index is 14.9. The molecule has 0 aromatic carbocycles. The minimum atomic E-state index is -2.69. The van der Waals surface area contributed by atoms with Crippen LogP contribution in [0.5, 0.6) is 0 Å². The zero-order chi connectivity index (χ0) is 20.1. The molecule has 0 bridgehead atoms. The van der Waals surface area contributed by atoms with Gasteiger partial charge in [0, 0.05) is 35.4 Å². The van der Waals surface area contributed by atoms with E-state index in [0.717, 1.165) is 11.1 Å². The first-order chi connectivity index (χ1) is 13.2. The van der Waals surface area contributed by atoms with Crippen molar-refractivity contribution < 1.29 is 13.0 Å². The van der Waals surface area contributed by atoms with Crippen LogP contribution >= 0.6 is 11.3 Å². The third-order valence-electron chi connectivity index (χ3n) is 4.61. The van der Waals surface area contributed by atoms with Gasteiger partial charge < -0.3 is 10.2 Å². The lowest BCUT2D eigenvalue weighted by Gasteiger charge is -2.36. The molecular weight excluding hydrogens is 401 g/mol. The summed E-state index contributed by atoms with van der Waals surface area (Å²) < 4.78 is 34.4. The van der Waals surface area contributed by atoms with Crippen molar-refractivity contribution in [2.45, 2.75) is 12.5 Å². The van der Waals surface area contributed by atoms with Gasteiger partial charge in [-0.3, -0.25) is 9.29 Å². The SMILES string of the molecule is C=S1(=O)C[C@@](C)(c2sc(-c3cncc(-c4cnco4)c3)cc2F)N=C(N)N1C. The zero-order valence-corrected chi connectivity index (χ0v) is 16.9. The fourth-order valence-corrected chi connectivity index (χ4v) is 5.98. The fraction of sp³-hybridized carbons (Fsp3) is 0.222. The van der Waals surface area contributed by atoms with Crippen molar-refractivity contribution in [1.82, 2.24) is 14.3 Å². The number of rotatable bonds is 3. The highest BCUT2D eigenvalue weighted by molar-refractivity contribution is 7.98. The summed E-state index contributed by atoms with van der Waals surface area (Å²) in [5.41, 5.74) is 6.33. The number of nitrogens with two attached hydrogens (primary N) is 1. The zero-order valence-electron chi connectivity index (χ0n) is 15.3. The Morgan fingerprint density at radius 3 is 2.75 bits per heavy atom. The molecule has 0 spiro atoms.